The molecule has 0 aromatic heterocycles. The second-order valence-corrected chi connectivity index (χ2v) is 8.52. The van der Waals surface area contributed by atoms with Crippen LogP contribution in [0.5, 0.6) is 0 Å². The van der Waals surface area contributed by atoms with Crippen molar-refractivity contribution in [1.82, 2.24) is 15.5 Å². The number of unbranched alkanes of at least 4 members (excludes halogenated alkanes) is 7. The van der Waals surface area contributed by atoms with Crippen LogP contribution in [0.25, 0.3) is 0 Å². The third kappa shape index (κ3) is 19.5. The minimum absolute atomic E-state index is 0.0725. The lowest BCUT2D eigenvalue weighted by Gasteiger charge is -2.24. The van der Waals surface area contributed by atoms with Crippen LogP contribution in [-0.2, 0) is 14.3 Å². The zero-order valence-electron chi connectivity index (χ0n) is 20.8. The number of carbonyl (C=O) groups is 3. The van der Waals surface area contributed by atoms with Crippen LogP contribution in [0, 0.1) is 0 Å². The molecular weight excluding hydrogens is 440 g/mol. The Bertz CT molecular complexity index is 538. The van der Waals surface area contributed by atoms with Gasteiger partial charge < -0.3 is 42.6 Å². The molecule has 0 aliphatic carbocycles. The molecule has 0 unspecified atom stereocenters. The van der Waals surface area contributed by atoms with Crippen LogP contribution < -0.4 is 27.8 Å². The van der Waals surface area contributed by atoms with Crippen molar-refractivity contribution in [2.45, 2.75) is 76.7 Å². The summed E-state index contributed by atoms with van der Waals surface area (Å²) in [5.41, 5.74) is 16.5. The summed E-state index contributed by atoms with van der Waals surface area (Å²) in [5, 5.41) is 14.7. The molecule has 0 spiro atoms. The van der Waals surface area contributed by atoms with E-state index in [0.29, 0.717) is 32.6 Å². The molecule has 0 radical (unpaired) electrons. The maximum absolute atomic E-state index is 12.8. The maximum Gasteiger partial charge on any atom is 0.505 e. The fraction of sp³-hybridized carbons (Fsp3) is 0.870. The van der Waals surface area contributed by atoms with E-state index in [2.05, 4.69) is 15.4 Å². The van der Waals surface area contributed by atoms with Crippen molar-refractivity contribution >= 4 is 18.0 Å². The Morgan fingerprint density at radius 1 is 0.824 bits per heavy atom. The van der Waals surface area contributed by atoms with Gasteiger partial charge in [-0.05, 0) is 64.7 Å². The standard InChI is InChI=1S/C23H48N6O5/c24-12-6-2-1-3-10-16-29(22(31)17-27-15-9-4-7-13-25)18-21(30)28-20(11-5-8-14-26)19-34-23(32)33/h20,27H,1-19,24-26H2,(H,28,30)(H,32,33)/t20-/m0/s1. The smallest absolute Gasteiger partial charge is 0.450 e. The summed E-state index contributed by atoms with van der Waals surface area (Å²) >= 11 is 0. The number of hydrogen-bond donors (Lipinski definition) is 6. The molecule has 200 valence electrons. The van der Waals surface area contributed by atoms with Crippen molar-refractivity contribution < 1.29 is 24.2 Å². The van der Waals surface area contributed by atoms with Gasteiger partial charge >= 0.3 is 6.16 Å². The van der Waals surface area contributed by atoms with E-state index in [1.807, 2.05) is 0 Å². The highest BCUT2D eigenvalue weighted by molar-refractivity contribution is 5.85. The molecule has 1 atom stereocenters. The average molecular weight is 489 g/mol. The number of nitrogens with zero attached hydrogens (tertiary/aromatic N) is 1. The third-order valence-corrected chi connectivity index (χ3v) is 5.43. The zero-order chi connectivity index (χ0) is 25.4. The van der Waals surface area contributed by atoms with Gasteiger partial charge in [-0.25, -0.2) is 4.79 Å². The van der Waals surface area contributed by atoms with Crippen molar-refractivity contribution in [2.75, 3.05) is 52.4 Å². The van der Waals surface area contributed by atoms with Crippen molar-refractivity contribution in [1.29, 1.82) is 0 Å². The fourth-order valence-corrected chi connectivity index (χ4v) is 3.50. The van der Waals surface area contributed by atoms with Gasteiger partial charge in [0.1, 0.15) is 6.61 Å². The van der Waals surface area contributed by atoms with E-state index < -0.39 is 12.2 Å². The lowest BCUT2D eigenvalue weighted by atomic mass is 10.1. The molecule has 0 fully saturated rings. The summed E-state index contributed by atoms with van der Waals surface area (Å²) in [4.78, 5) is 37.8. The minimum atomic E-state index is -1.39. The largest absolute Gasteiger partial charge is 0.505 e. The molecule has 0 saturated heterocycles. The molecule has 9 N–H and O–H groups in total. The van der Waals surface area contributed by atoms with Crippen LogP contribution >= 0.6 is 0 Å². The molecule has 0 aromatic carbocycles. The van der Waals surface area contributed by atoms with E-state index in [-0.39, 0.29) is 31.5 Å². The zero-order valence-corrected chi connectivity index (χ0v) is 20.8. The second kappa shape index (κ2) is 22.8. The Hall–Kier alpha value is -1.95. The van der Waals surface area contributed by atoms with E-state index in [4.69, 9.17) is 22.3 Å². The molecule has 0 aromatic rings. The highest BCUT2D eigenvalue weighted by Gasteiger charge is 2.20. The van der Waals surface area contributed by atoms with E-state index in [1.54, 1.807) is 4.90 Å². The summed E-state index contributed by atoms with van der Waals surface area (Å²) in [6, 6.07) is -0.455. The van der Waals surface area contributed by atoms with Gasteiger partial charge in [0.25, 0.3) is 0 Å². The first-order valence-electron chi connectivity index (χ1n) is 12.7. The molecule has 0 bridgehead atoms. The van der Waals surface area contributed by atoms with Crippen LogP contribution in [0.15, 0.2) is 0 Å². The Balaban J connectivity index is 4.75. The molecule has 11 nitrogen and oxygen atoms in total. The first kappa shape index (κ1) is 32.0. The van der Waals surface area contributed by atoms with Crippen LogP contribution in [0.1, 0.15) is 70.6 Å². The summed E-state index contributed by atoms with van der Waals surface area (Å²) in [6.07, 6.45) is 8.45. The Morgan fingerprint density at radius 3 is 2.06 bits per heavy atom. The molecule has 0 saturated carbocycles. The molecule has 0 aliphatic heterocycles. The van der Waals surface area contributed by atoms with E-state index in [1.165, 1.54) is 0 Å². The van der Waals surface area contributed by atoms with Gasteiger partial charge in [-0.15, -0.1) is 0 Å². The number of amides is 2. The van der Waals surface area contributed by atoms with Crippen molar-refractivity contribution in [3.05, 3.63) is 0 Å². The lowest BCUT2D eigenvalue weighted by molar-refractivity contribution is -0.135. The predicted octanol–water partition coefficient (Wildman–Crippen LogP) is 0.751. The van der Waals surface area contributed by atoms with Gasteiger partial charge in [0, 0.05) is 6.54 Å². The van der Waals surface area contributed by atoms with Gasteiger partial charge in [-0.3, -0.25) is 9.59 Å². The number of hydrogen-bond acceptors (Lipinski definition) is 8. The second-order valence-electron chi connectivity index (χ2n) is 8.52. The van der Waals surface area contributed by atoms with Crippen molar-refractivity contribution in [2.24, 2.45) is 17.2 Å². The Morgan fingerprint density at radius 2 is 1.41 bits per heavy atom. The number of carbonyl (C=O) groups excluding carboxylic acids is 2. The molecular formula is C23H48N6O5. The third-order valence-electron chi connectivity index (χ3n) is 5.43. The number of carboxylic acid groups (broad SMARTS) is 1. The lowest BCUT2D eigenvalue weighted by Crippen LogP contribution is -2.48. The van der Waals surface area contributed by atoms with Gasteiger partial charge in [-0.2, -0.15) is 0 Å². The topological polar surface area (TPSA) is 186 Å². The Kier molecular flexibility index (Phi) is 21.5. The number of nitrogens with one attached hydrogen (secondary N) is 2. The molecule has 0 aliphatic rings. The van der Waals surface area contributed by atoms with Gasteiger partial charge in [0.05, 0.1) is 19.1 Å². The van der Waals surface area contributed by atoms with Crippen LogP contribution in [0.3, 0.4) is 0 Å². The highest BCUT2D eigenvalue weighted by Crippen LogP contribution is 2.06. The Labute approximate surface area is 204 Å². The van der Waals surface area contributed by atoms with Gasteiger partial charge in [-0.1, -0.05) is 32.1 Å². The van der Waals surface area contributed by atoms with Crippen molar-refractivity contribution in [3.8, 4) is 0 Å². The highest BCUT2D eigenvalue weighted by atomic mass is 16.7. The quantitative estimate of drug-likeness (QED) is 0.0891. The van der Waals surface area contributed by atoms with E-state index >= 15 is 0 Å². The summed E-state index contributed by atoms with van der Waals surface area (Å²) in [7, 11) is 0. The first-order chi connectivity index (χ1) is 16.4. The monoisotopic (exact) mass is 488 g/mol. The predicted molar refractivity (Wildman–Crippen MR) is 133 cm³/mol. The molecule has 34 heavy (non-hydrogen) atoms. The minimum Gasteiger partial charge on any atom is -0.450 e. The number of nitrogens with two attached hydrogens (primary N) is 3. The van der Waals surface area contributed by atoms with Crippen molar-refractivity contribution in [3.63, 3.8) is 0 Å². The molecule has 2 amide bonds. The van der Waals surface area contributed by atoms with Crippen LogP contribution in [0.2, 0.25) is 0 Å². The molecule has 0 heterocycles. The summed E-state index contributed by atoms with van der Waals surface area (Å²) < 4.78 is 4.66. The fourth-order valence-electron chi connectivity index (χ4n) is 3.50. The summed E-state index contributed by atoms with van der Waals surface area (Å²) in [6.45, 7) is 3.05. The molecule has 11 heteroatoms. The van der Waals surface area contributed by atoms with Crippen LogP contribution in [-0.4, -0.2) is 86.4 Å². The van der Waals surface area contributed by atoms with Crippen LogP contribution in [0.4, 0.5) is 4.79 Å². The normalized spacial score (nSPS) is 11.7. The van der Waals surface area contributed by atoms with E-state index in [9.17, 15) is 14.4 Å². The van der Waals surface area contributed by atoms with Gasteiger partial charge in [0.15, 0.2) is 0 Å². The van der Waals surface area contributed by atoms with E-state index in [0.717, 1.165) is 70.8 Å². The van der Waals surface area contributed by atoms with Gasteiger partial charge in [0.2, 0.25) is 11.8 Å². The molecule has 0 rings (SSSR count). The summed E-state index contributed by atoms with van der Waals surface area (Å²) in [5.74, 6) is -0.455. The maximum atomic E-state index is 12.8. The average Bonchev–Trinajstić information content (AvgIpc) is 2.81. The number of ether oxygens (including phenoxy) is 1. The SMILES string of the molecule is NCCCCCCCN(CC(=O)N[C@@H](CCCCN)COC(=O)O)C(=O)CNCCCCCN. The number of rotatable bonds is 23. The first-order valence-corrected chi connectivity index (χ1v) is 12.7.